The molecule has 0 heterocycles. The van der Waals surface area contributed by atoms with Gasteiger partial charge in [-0.3, -0.25) is 0 Å². The summed E-state index contributed by atoms with van der Waals surface area (Å²) in [5.74, 6) is 0. The molecule has 0 aromatic rings. The molecule has 0 fully saturated rings. The molecule has 38 valence electrons. The van der Waals surface area contributed by atoms with E-state index in [-0.39, 0.29) is 0 Å². The Kier molecular flexibility index (Phi) is 2.36. The minimum atomic E-state index is 1.23. The molecule has 0 aliphatic heterocycles. The molecule has 0 unspecified atom stereocenters. The molecular formula is C7H9Na. The van der Waals surface area contributed by atoms with Gasteiger partial charge in [0.1, 0.15) is 0 Å². The third-order valence-corrected chi connectivity index (χ3v) is 2.76. The maximum atomic E-state index is 2.27. The van der Waals surface area contributed by atoms with Crippen molar-refractivity contribution in [3.63, 3.8) is 0 Å². The molecule has 0 amide bonds. The molecule has 0 aromatic heterocycles. The quantitative estimate of drug-likeness (QED) is 0.458. The summed E-state index contributed by atoms with van der Waals surface area (Å²) in [6.07, 6.45) is 7.02. The van der Waals surface area contributed by atoms with E-state index in [9.17, 15) is 0 Å². The third kappa shape index (κ3) is 1.25. The number of allylic oxidation sites excluding steroid dienone is 4. The first-order valence-corrected chi connectivity index (χ1v) is 4.19. The fourth-order valence-electron chi connectivity index (χ4n) is 1.08. The van der Waals surface area contributed by atoms with Crippen LogP contribution in [0.25, 0.3) is 0 Å². The first kappa shape index (κ1) is 6.60. The van der Waals surface area contributed by atoms with Gasteiger partial charge >= 0.3 is 68.2 Å². The van der Waals surface area contributed by atoms with Gasteiger partial charge in [-0.25, -0.2) is 0 Å². The summed E-state index contributed by atoms with van der Waals surface area (Å²) in [5, 5.41) is 0. The van der Waals surface area contributed by atoms with Crippen molar-refractivity contribution in [1.82, 2.24) is 0 Å². The van der Waals surface area contributed by atoms with Gasteiger partial charge in [-0.15, -0.1) is 0 Å². The van der Waals surface area contributed by atoms with Crippen molar-refractivity contribution in [2.75, 3.05) is 0 Å². The summed E-state index contributed by atoms with van der Waals surface area (Å²) in [4.78, 5) is 0. The standard InChI is InChI=1S/C7H9.Na/c1-2-7-5-3-4-6-7;/h3-4H,2,5H2,1H3;. The van der Waals surface area contributed by atoms with Crippen LogP contribution >= 0.6 is 0 Å². The fraction of sp³-hybridized carbons (Fsp3) is 0.429. The molecule has 0 aromatic carbocycles. The SMILES string of the molecule is CCC1=[C]([Na])C=CC1. The van der Waals surface area contributed by atoms with Crippen LogP contribution in [0.3, 0.4) is 0 Å². The Morgan fingerprint density at radius 2 is 2.50 bits per heavy atom. The van der Waals surface area contributed by atoms with Crippen LogP contribution in [0.4, 0.5) is 0 Å². The summed E-state index contributed by atoms with van der Waals surface area (Å²) in [6.45, 7) is 2.24. The summed E-state index contributed by atoms with van der Waals surface area (Å²) < 4.78 is 1.62. The van der Waals surface area contributed by atoms with Gasteiger partial charge in [-0.05, 0) is 0 Å². The van der Waals surface area contributed by atoms with Crippen molar-refractivity contribution in [1.29, 1.82) is 0 Å². The van der Waals surface area contributed by atoms with Gasteiger partial charge in [0.25, 0.3) is 0 Å². The van der Waals surface area contributed by atoms with Gasteiger partial charge < -0.3 is 0 Å². The second-order valence-electron chi connectivity index (χ2n) is 2.25. The molecule has 0 saturated carbocycles. The molecule has 1 aliphatic carbocycles. The van der Waals surface area contributed by atoms with E-state index in [1.807, 2.05) is 0 Å². The van der Waals surface area contributed by atoms with Gasteiger partial charge in [0.15, 0.2) is 0 Å². The van der Waals surface area contributed by atoms with E-state index < -0.39 is 0 Å². The number of rotatable bonds is 1. The molecule has 1 aliphatic rings. The molecule has 0 radical (unpaired) electrons. The number of hydrogen-bond acceptors (Lipinski definition) is 0. The molecule has 0 atom stereocenters. The van der Waals surface area contributed by atoms with Crippen molar-refractivity contribution >= 4 is 27.9 Å². The second-order valence-corrected chi connectivity index (χ2v) is 3.32. The molecule has 0 N–H and O–H groups in total. The molecule has 0 nitrogen and oxygen atoms in total. The molecule has 1 heteroatoms. The summed E-state index contributed by atoms with van der Waals surface area (Å²) >= 11 is 1.24. The van der Waals surface area contributed by atoms with Crippen molar-refractivity contribution in [3.05, 3.63) is 20.5 Å². The Morgan fingerprint density at radius 3 is 2.75 bits per heavy atom. The minimum absolute atomic E-state index is 1.23. The van der Waals surface area contributed by atoms with Crippen LogP contribution in [0.15, 0.2) is 20.5 Å². The first-order valence-electron chi connectivity index (χ1n) is 3.19. The van der Waals surface area contributed by atoms with Crippen LogP contribution in [0.1, 0.15) is 19.8 Å². The van der Waals surface area contributed by atoms with Gasteiger partial charge in [0, 0.05) is 0 Å². The van der Waals surface area contributed by atoms with E-state index in [0.717, 1.165) is 0 Å². The Morgan fingerprint density at radius 1 is 1.75 bits per heavy atom. The Hall–Kier alpha value is 0.480. The normalized spacial score (nSPS) is 18.4. The van der Waals surface area contributed by atoms with E-state index in [1.165, 1.54) is 40.8 Å². The van der Waals surface area contributed by atoms with Crippen molar-refractivity contribution in [2.24, 2.45) is 0 Å². The molecule has 8 heavy (non-hydrogen) atoms. The summed E-state index contributed by atoms with van der Waals surface area (Å²) in [7, 11) is 0. The van der Waals surface area contributed by atoms with Crippen LogP contribution in [0, 0.1) is 0 Å². The predicted octanol–water partition coefficient (Wildman–Crippen LogP) is 1.78. The zero-order valence-electron chi connectivity index (χ0n) is 5.57. The van der Waals surface area contributed by atoms with E-state index in [2.05, 4.69) is 19.1 Å². The first-order chi connectivity index (χ1) is 3.84. The Balaban J connectivity index is 2.68. The number of hydrogen-bond donors (Lipinski definition) is 0. The molecule has 1 rings (SSSR count). The average Bonchev–Trinajstić information content (AvgIpc) is 2.14. The molecule has 0 saturated heterocycles. The zero-order chi connectivity index (χ0) is 5.98. The van der Waals surface area contributed by atoms with Crippen molar-refractivity contribution < 1.29 is 0 Å². The Bertz CT molecular complexity index is 142. The van der Waals surface area contributed by atoms with E-state index in [4.69, 9.17) is 0 Å². The predicted molar refractivity (Wildman–Crippen MR) is 36.8 cm³/mol. The second kappa shape index (κ2) is 2.86. The fourth-order valence-corrected chi connectivity index (χ4v) is 1.87. The third-order valence-electron chi connectivity index (χ3n) is 1.72. The molecule has 0 bridgehead atoms. The summed E-state index contributed by atoms with van der Waals surface area (Å²) in [5.41, 5.74) is 1.66. The van der Waals surface area contributed by atoms with Crippen LogP contribution in [0.2, 0.25) is 0 Å². The van der Waals surface area contributed by atoms with E-state index >= 15 is 0 Å². The van der Waals surface area contributed by atoms with Crippen LogP contribution < -0.4 is 0 Å². The molecular weight excluding hydrogens is 107 g/mol. The Labute approximate surface area is 68.1 Å². The average molecular weight is 116 g/mol. The maximum absolute atomic E-state index is 2.27. The van der Waals surface area contributed by atoms with Crippen LogP contribution in [-0.2, 0) is 0 Å². The van der Waals surface area contributed by atoms with Crippen LogP contribution in [-0.4, -0.2) is 27.9 Å². The zero-order valence-corrected chi connectivity index (χ0v) is 7.57. The van der Waals surface area contributed by atoms with Gasteiger partial charge in [-0.1, -0.05) is 0 Å². The monoisotopic (exact) mass is 116 g/mol. The van der Waals surface area contributed by atoms with Crippen molar-refractivity contribution in [2.45, 2.75) is 19.8 Å². The van der Waals surface area contributed by atoms with Gasteiger partial charge in [-0.2, -0.15) is 0 Å². The molecule has 0 spiro atoms. The van der Waals surface area contributed by atoms with Crippen molar-refractivity contribution in [3.8, 4) is 0 Å². The topological polar surface area (TPSA) is 0 Å². The van der Waals surface area contributed by atoms with Gasteiger partial charge in [0.2, 0.25) is 0 Å². The van der Waals surface area contributed by atoms with E-state index in [0.29, 0.717) is 0 Å². The summed E-state index contributed by atoms with van der Waals surface area (Å²) in [6, 6.07) is 0. The van der Waals surface area contributed by atoms with Gasteiger partial charge in [0.05, 0.1) is 0 Å². The van der Waals surface area contributed by atoms with Crippen LogP contribution in [0.5, 0.6) is 0 Å². The van der Waals surface area contributed by atoms with E-state index in [1.54, 1.807) is 8.40 Å².